The Morgan fingerprint density at radius 3 is 2.27 bits per heavy atom. The second-order valence-corrected chi connectivity index (χ2v) is 6.17. The maximum atomic E-state index is 12.5. The Labute approximate surface area is 172 Å². The monoisotopic (exact) mass is 412 g/mol. The number of carbonyl (C=O) groups excluding carboxylic acids is 3. The highest BCUT2D eigenvalue weighted by atomic mass is 16.5. The average Bonchev–Trinajstić information content (AvgIpc) is 2.78. The molecule has 0 aliphatic carbocycles. The van der Waals surface area contributed by atoms with E-state index in [2.05, 4.69) is 0 Å². The summed E-state index contributed by atoms with van der Waals surface area (Å²) in [6.07, 6.45) is 0. The second kappa shape index (κ2) is 9.10. The number of primary amides is 1. The molecule has 30 heavy (non-hydrogen) atoms. The van der Waals surface area contributed by atoms with Crippen LogP contribution in [0.1, 0.15) is 10.4 Å². The highest BCUT2D eigenvalue weighted by Gasteiger charge is 2.33. The molecule has 156 valence electrons. The van der Waals surface area contributed by atoms with Crippen LogP contribution < -0.4 is 15.4 Å². The Bertz CT molecular complexity index is 999. The molecule has 0 unspecified atom stereocenters. The lowest BCUT2D eigenvalue weighted by atomic mass is 10.1. The van der Waals surface area contributed by atoms with Crippen molar-refractivity contribution in [3.8, 4) is 11.5 Å². The molecule has 1 heterocycles. The van der Waals surface area contributed by atoms with E-state index in [9.17, 15) is 14.4 Å². The summed E-state index contributed by atoms with van der Waals surface area (Å²) in [7, 11) is 2.44. The number of nitrogens with two attached hydrogens (primary N) is 1. The number of hydrogen-bond acceptors (Lipinski definition) is 8. The first-order valence-electron chi connectivity index (χ1n) is 8.88. The fraction of sp³-hybridized carbons (Fsp3) is 0.190. The normalized spacial score (nSPS) is 13.6. The molecule has 0 spiro atoms. The van der Waals surface area contributed by atoms with Gasteiger partial charge in [-0.05, 0) is 36.4 Å². The van der Waals surface area contributed by atoms with Crippen LogP contribution in [0.2, 0.25) is 0 Å². The third-order valence-corrected chi connectivity index (χ3v) is 4.36. The van der Waals surface area contributed by atoms with Crippen molar-refractivity contribution < 1.29 is 33.3 Å². The molecule has 0 atom stereocenters. The predicted molar refractivity (Wildman–Crippen MR) is 106 cm³/mol. The Morgan fingerprint density at radius 2 is 1.63 bits per heavy atom. The molecule has 3 rings (SSSR count). The molecule has 0 aromatic heterocycles. The summed E-state index contributed by atoms with van der Waals surface area (Å²) in [6.45, 7) is -0.100. The highest BCUT2D eigenvalue weighted by molar-refractivity contribution is 6.03. The maximum absolute atomic E-state index is 12.5. The maximum Gasteiger partial charge on any atom is 0.355 e. The van der Waals surface area contributed by atoms with E-state index >= 15 is 0 Å². The zero-order chi connectivity index (χ0) is 21.7. The van der Waals surface area contributed by atoms with Crippen LogP contribution in [0, 0.1) is 0 Å². The van der Waals surface area contributed by atoms with E-state index < -0.39 is 17.8 Å². The van der Waals surface area contributed by atoms with E-state index in [-0.39, 0.29) is 24.6 Å². The number of ether oxygens (including phenoxy) is 4. The van der Waals surface area contributed by atoms with Crippen LogP contribution in [-0.2, 0) is 23.8 Å². The van der Waals surface area contributed by atoms with Crippen molar-refractivity contribution in [2.24, 2.45) is 5.73 Å². The number of nitrogens with zero attached hydrogens (tertiary/aromatic N) is 1. The van der Waals surface area contributed by atoms with Crippen LogP contribution in [0.25, 0.3) is 0 Å². The molecule has 1 amide bonds. The third kappa shape index (κ3) is 4.26. The van der Waals surface area contributed by atoms with Gasteiger partial charge in [0.15, 0.2) is 5.75 Å². The summed E-state index contributed by atoms with van der Waals surface area (Å²) < 4.78 is 21.1. The molecule has 0 saturated heterocycles. The molecule has 0 saturated carbocycles. The van der Waals surface area contributed by atoms with Crippen LogP contribution in [0.5, 0.6) is 11.5 Å². The molecule has 1 aliphatic heterocycles. The number of carbonyl (C=O) groups is 3. The molecule has 2 aromatic carbocycles. The summed E-state index contributed by atoms with van der Waals surface area (Å²) in [6, 6.07) is 13.2. The van der Waals surface area contributed by atoms with Crippen molar-refractivity contribution in [1.29, 1.82) is 0 Å². The quantitative estimate of drug-likeness (QED) is 0.716. The molecule has 1 aliphatic rings. The predicted octanol–water partition coefficient (Wildman–Crippen LogP) is 1.97. The van der Waals surface area contributed by atoms with E-state index in [0.29, 0.717) is 22.7 Å². The molecular weight excluding hydrogens is 392 g/mol. The van der Waals surface area contributed by atoms with Crippen LogP contribution in [-0.4, -0.2) is 45.4 Å². The minimum Gasteiger partial charge on any atom is -0.466 e. The van der Waals surface area contributed by atoms with Gasteiger partial charge in [-0.2, -0.15) is 0 Å². The summed E-state index contributed by atoms with van der Waals surface area (Å²) >= 11 is 0. The minimum atomic E-state index is -0.709. The van der Waals surface area contributed by atoms with Gasteiger partial charge in [0.1, 0.15) is 18.2 Å². The molecule has 0 bridgehead atoms. The van der Waals surface area contributed by atoms with Crippen molar-refractivity contribution >= 4 is 23.5 Å². The number of para-hydroxylation sites is 2. The fourth-order valence-electron chi connectivity index (χ4n) is 2.91. The van der Waals surface area contributed by atoms with E-state index in [1.165, 1.54) is 19.1 Å². The Hall–Kier alpha value is -3.85. The van der Waals surface area contributed by atoms with Gasteiger partial charge in [-0.3, -0.25) is 4.79 Å². The largest absolute Gasteiger partial charge is 0.466 e. The van der Waals surface area contributed by atoms with Crippen LogP contribution in [0.15, 0.2) is 59.8 Å². The summed E-state index contributed by atoms with van der Waals surface area (Å²) in [5.74, 6) is -1.11. The summed E-state index contributed by atoms with van der Waals surface area (Å²) in [5, 5.41) is 0. The van der Waals surface area contributed by atoms with Gasteiger partial charge >= 0.3 is 11.9 Å². The van der Waals surface area contributed by atoms with Crippen molar-refractivity contribution in [1.82, 2.24) is 0 Å². The minimum absolute atomic E-state index is 0.00802. The number of benzene rings is 2. The smallest absolute Gasteiger partial charge is 0.355 e. The SMILES string of the molecule is COC(=O)C1=C(C(=O)OC)N(c2ccccc2Oc2ccc(C(N)=O)cc2)COC1. The van der Waals surface area contributed by atoms with Gasteiger partial charge in [-0.15, -0.1) is 0 Å². The van der Waals surface area contributed by atoms with Gasteiger partial charge in [0.25, 0.3) is 0 Å². The molecule has 9 nitrogen and oxygen atoms in total. The van der Waals surface area contributed by atoms with E-state index in [4.69, 9.17) is 24.7 Å². The van der Waals surface area contributed by atoms with Crippen LogP contribution in [0.4, 0.5) is 5.69 Å². The zero-order valence-electron chi connectivity index (χ0n) is 16.4. The first-order chi connectivity index (χ1) is 14.5. The molecule has 0 fully saturated rings. The van der Waals surface area contributed by atoms with E-state index in [1.807, 2.05) is 0 Å². The van der Waals surface area contributed by atoms with Gasteiger partial charge < -0.3 is 29.6 Å². The standard InChI is InChI=1S/C21H20N2O7/c1-27-20(25)15-11-29-12-23(18(15)21(26)28-2)16-5-3-4-6-17(16)30-14-9-7-13(8-10-14)19(22)24/h3-10H,11-12H2,1-2H3,(H2,22,24). The number of amides is 1. The number of esters is 2. The van der Waals surface area contributed by atoms with Gasteiger partial charge in [-0.1, -0.05) is 12.1 Å². The zero-order valence-corrected chi connectivity index (χ0v) is 16.4. The van der Waals surface area contributed by atoms with E-state index in [0.717, 1.165) is 0 Å². The number of anilines is 1. The lowest BCUT2D eigenvalue weighted by Gasteiger charge is -2.32. The van der Waals surface area contributed by atoms with Crippen molar-refractivity contribution in [2.75, 3.05) is 32.5 Å². The number of rotatable bonds is 6. The third-order valence-electron chi connectivity index (χ3n) is 4.36. The molecule has 0 radical (unpaired) electrons. The summed E-state index contributed by atoms with van der Waals surface area (Å²) in [5.41, 5.74) is 6.12. The molecule has 2 N–H and O–H groups in total. The second-order valence-electron chi connectivity index (χ2n) is 6.17. The Balaban J connectivity index is 2.01. The van der Waals surface area contributed by atoms with Crippen LogP contribution in [0.3, 0.4) is 0 Å². The van der Waals surface area contributed by atoms with Gasteiger partial charge in [-0.25, -0.2) is 9.59 Å². The van der Waals surface area contributed by atoms with Gasteiger partial charge in [0, 0.05) is 5.56 Å². The Morgan fingerprint density at radius 1 is 0.967 bits per heavy atom. The first kappa shape index (κ1) is 20.9. The first-order valence-corrected chi connectivity index (χ1v) is 8.88. The molecule has 2 aromatic rings. The van der Waals surface area contributed by atoms with Gasteiger partial charge in [0.05, 0.1) is 32.1 Å². The van der Waals surface area contributed by atoms with Crippen molar-refractivity contribution in [3.05, 3.63) is 65.4 Å². The molecule has 9 heteroatoms. The van der Waals surface area contributed by atoms with Crippen molar-refractivity contribution in [2.45, 2.75) is 0 Å². The Kier molecular flexibility index (Phi) is 6.33. The molecular formula is C21H20N2O7. The lowest BCUT2D eigenvalue weighted by molar-refractivity contribution is -0.140. The van der Waals surface area contributed by atoms with Crippen LogP contribution >= 0.6 is 0 Å². The average molecular weight is 412 g/mol. The van der Waals surface area contributed by atoms with E-state index in [1.54, 1.807) is 48.5 Å². The topological polar surface area (TPSA) is 117 Å². The van der Waals surface area contributed by atoms with Crippen molar-refractivity contribution in [3.63, 3.8) is 0 Å². The fourth-order valence-corrected chi connectivity index (χ4v) is 2.91. The number of methoxy groups -OCH3 is 2. The lowest BCUT2D eigenvalue weighted by Crippen LogP contribution is -2.38. The number of hydrogen-bond donors (Lipinski definition) is 1. The summed E-state index contributed by atoms with van der Waals surface area (Å²) in [4.78, 5) is 37.4. The van der Waals surface area contributed by atoms with Gasteiger partial charge in [0.2, 0.25) is 5.91 Å². The highest BCUT2D eigenvalue weighted by Crippen LogP contribution is 2.36.